The van der Waals surface area contributed by atoms with Crippen molar-refractivity contribution in [3.63, 3.8) is 0 Å². The van der Waals surface area contributed by atoms with Crippen LogP contribution in [0.2, 0.25) is 0 Å². The van der Waals surface area contributed by atoms with E-state index in [1.165, 1.54) is 16.9 Å². The van der Waals surface area contributed by atoms with Gasteiger partial charge in [0.25, 0.3) is 0 Å². The molecule has 2 nitrogen and oxygen atoms in total. The predicted octanol–water partition coefficient (Wildman–Crippen LogP) is 2.89. The van der Waals surface area contributed by atoms with E-state index in [0.717, 1.165) is 10.2 Å². The van der Waals surface area contributed by atoms with Crippen molar-refractivity contribution in [2.75, 3.05) is 0 Å². The first-order chi connectivity index (χ1) is 6.47. The van der Waals surface area contributed by atoms with Crippen LogP contribution >= 0.6 is 11.3 Å². The highest BCUT2D eigenvalue weighted by Crippen LogP contribution is 2.26. The topological polar surface area (TPSA) is 32.9 Å². The van der Waals surface area contributed by atoms with Crippen LogP contribution in [0.15, 0.2) is 23.0 Å². The summed E-state index contributed by atoms with van der Waals surface area (Å²) < 4.78 is 1.04. The van der Waals surface area contributed by atoms with Crippen molar-refractivity contribution in [2.45, 2.75) is 26.2 Å². The number of aromatic nitrogens is 1. The summed E-state index contributed by atoms with van der Waals surface area (Å²) in [4.78, 5) is 13.9. The minimum absolute atomic E-state index is 0.0195. The van der Waals surface area contributed by atoms with Gasteiger partial charge in [-0.25, -0.2) is 0 Å². The Hall–Kier alpha value is -1.09. The van der Waals surface area contributed by atoms with Crippen LogP contribution < -0.4 is 4.87 Å². The molecule has 14 heavy (non-hydrogen) atoms. The van der Waals surface area contributed by atoms with Gasteiger partial charge in [0.05, 0.1) is 10.2 Å². The molecule has 0 fully saturated rings. The molecule has 74 valence electrons. The van der Waals surface area contributed by atoms with Crippen LogP contribution in [0.1, 0.15) is 26.3 Å². The Morgan fingerprint density at radius 1 is 1.29 bits per heavy atom. The van der Waals surface area contributed by atoms with E-state index in [0.29, 0.717) is 0 Å². The molecule has 1 aromatic carbocycles. The van der Waals surface area contributed by atoms with Gasteiger partial charge in [-0.1, -0.05) is 38.2 Å². The SMILES string of the molecule is CC(C)(C)c1ccc2[nH]c(=O)sc2c1. The lowest BCUT2D eigenvalue weighted by Crippen LogP contribution is -2.10. The molecule has 0 unspecified atom stereocenters. The fraction of sp³-hybridized carbons (Fsp3) is 0.364. The number of thiazole rings is 1. The number of rotatable bonds is 0. The molecule has 0 saturated carbocycles. The lowest BCUT2D eigenvalue weighted by molar-refractivity contribution is 0.591. The normalized spacial score (nSPS) is 12.2. The molecule has 1 aromatic heterocycles. The lowest BCUT2D eigenvalue weighted by Gasteiger charge is -2.18. The summed E-state index contributed by atoms with van der Waals surface area (Å²) in [6.07, 6.45) is 0. The molecule has 2 aromatic rings. The minimum atomic E-state index is 0.0195. The van der Waals surface area contributed by atoms with Crippen molar-refractivity contribution in [1.29, 1.82) is 0 Å². The van der Waals surface area contributed by atoms with Crippen LogP contribution in [0.5, 0.6) is 0 Å². The minimum Gasteiger partial charge on any atom is -0.312 e. The number of nitrogens with one attached hydrogen (secondary N) is 1. The molecule has 1 N–H and O–H groups in total. The standard InChI is InChI=1S/C11H13NOS/c1-11(2,3)7-4-5-8-9(6-7)14-10(13)12-8/h4-6H,1-3H3,(H,12,13). The number of H-pyrrole nitrogens is 1. The third-order valence-corrected chi connectivity index (χ3v) is 3.13. The molecule has 0 saturated heterocycles. The van der Waals surface area contributed by atoms with E-state index in [2.05, 4.69) is 37.9 Å². The number of fused-ring (bicyclic) bond motifs is 1. The third kappa shape index (κ3) is 1.60. The molecular formula is C11H13NOS. The van der Waals surface area contributed by atoms with Gasteiger partial charge in [-0.2, -0.15) is 0 Å². The van der Waals surface area contributed by atoms with E-state index in [-0.39, 0.29) is 10.3 Å². The van der Waals surface area contributed by atoms with E-state index in [1.807, 2.05) is 6.07 Å². The Balaban J connectivity index is 2.67. The van der Waals surface area contributed by atoms with Gasteiger partial charge >= 0.3 is 4.87 Å². The average molecular weight is 207 g/mol. The van der Waals surface area contributed by atoms with Crippen LogP contribution in [0, 0.1) is 0 Å². The molecule has 0 aliphatic rings. The molecule has 0 aliphatic heterocycles. The molecule has 0 amide bonds. The van der Waals surface area contributed by atoms with Crippen LogP contribution in [0.4, 0.5) is 0 Å². The smallest absolute Gasteiger partial charge is 0.305 e. The Bertz CT molecular complexity index is 516. The molecule has 2 rings (SSSR count). The highest BCUT2D eigenvalue weighted by molar-refractivity contribution is 7.16. The molecule has 1 heterocycles. The average Bonchev–Trinajstić information content (AvgIpc) is 2.41. The maximum Gasteiger partial charge on any atom is 0.305 e. The summed E-state index contributed by atoms with van der Waals surface area (Å²) >= 11 is 1.27. The van der Waals surface area contributed by atoms with Crippen molar-refractivity contribution >= 4 is 21.6 Å². The fourth-order valence-corrected chi connectivity index (χ4v) is 2.19. The Morgan fingerprint density at radius 2 is 2.00 bits per heavy atom. The van der Waals surface area contributed by atoms with Crippen LogP contribution in [-0.4, -0.2) is 4.98 Å². The zero-order valence-electron chi connectivity index (χ0n) is 8.55. The van der Waals surface area contributed by atoms with Crippen molar-refractivity contribution in [2.24, 2.45) is 0 Å². The summed E-state index contributed by atoms with van der Waals surface area (Å²) in [6.45, 7) is 6.51. The van der Waals surface area contributed by atoms with Gasteiger partial charge < -0.3 is 4.98 Å². The number of benzene rings is 1. The molecule has 0 aliphatic carbocycles. The second-order valence-corrected chi connectivity index (χ2v) is 5.49. The summed E-state index contributed by atoms with van der Waals surface area (Å²) in [6, 6.07) is 6.15. The zero-order valence-corrected chi connectivity index (χ0v) is 9.37. The van der Waals surface area contributed by atoms with Gasteiger partial charge in [0.1, 0.15) is 0 Å². The van der Waals surface area contributed by atoms with Crippen LogP contribution in [0.25, 0.3) is 10.2 Å². The molecule has 3 heteroatoms. The Labute approximate surface area is 86.6 Å². The first-order valence-electron chi connectivity index (χ1n) is 4.60. The molecule has 0 bridgehead atoms. The largest absolute Gasteiger partial charge is 0.312 e. The van der Waals surface area contributed by atoms with Crippen molar-refractivity contribution in [1.82, 2.24) is 4.98 Å². The van der Waals surface area contributed by atoms with Gasteiger partial charge in [-0.05, 0) is 23.1 Å². The van der Waals surface area contributed by atoms with Gasteiger partial charge in [0.2, 0.25) is 0 Å². The first kappa shape index (κ1) is 9.46. The summed E-state index contributed by atoms with van der Waals surface area (Å²) in [5.74, 6) is 0. The summed E-state index contributed by atoms with van der Waals surface area (Å²) in [5, 5.41) is 0. The number of hydrogen-bond donors (Lipinski definition) is 1. The zero-order chi connectivity index (χ0) is 10.3. The van der Waals surface area contributed by atoms with Gasteiger partial charge in [0.15, 0.2) is 0 Å². The Morgan fingerprint density at radius 3 is 2.64 bits per heavy atom. The van der Waals surface area contributed by atoms with Gasteiger partial charge in [-0.3, -0.25) is 4.79 Å². The summed E-state index contributed by atoms with van der Waals surface area (Å²) in [7, 11) is 0. The first-order valence-corrected chi connectivity index (χ1v) is 5.42. The second kappa shape index (κ2) is 2.95. The number of aromatic amines is 1. The number of hydrogen-bond acceptors (Lipinski definition) is 2. The summed E-state index contributed by atoms with van der Waals surface area (Å²) in [5.41, 5.74) is 2.34. The fourth-order valence-electron chi connectivity index (χ4n) is 1.41. The van der Waals surface area contributed by atoms with Crippen molar-refractivity contribution in [3.8, 4) is 0 Å². The Kier molecular flexibility index (Phi) is 2.00. The molecular weight excluding hydrogens is 194 g/mol. The van der Waals surface area contributed by atoms with E-state index < -0.39 is 0 Å². The van der Waals surface area contributed by atoms with E-state index >= 15 is 0 Å². The quantitative estimate of drug-likeness (QED) is 0.708. The van der Waals surface area contributed by atoms with E-state index in [9.17, 15) is 4.79 Å². The second-order valence-electron chi connectivity index (χ2n) is 4.48. The van der Waals surface area contributed by atoms with Crippen molar-refractivity contribution in [3.05, 3.63) is 33.4 Å². The van der Waals surface area contributed by atoms with E-state index in [4.69, 9.17) is 0 Å². The monoisotopic (exact) mass is 207 g/mol. The third-order valence-electron chi connectivity index (χ3n) is 2.29. The maximum absolute atomic E-state index is 11.1. The maximum atomic E-state index is 11.1. The van der Waals surface area contributed by atoms with Crippen molar-refractivity contribution < 1.29 is 0 Å². The molecule has 0 atom stereocenters. The van der Waals surface area contributed by atoms with Gasteiger partial charge in [-0.15, -0.1) is 0 Å². The highest BCUT2D eigenvalue weighted by Gasteiger charge is 2.14. The highest BCUT2D eigenvalue weighted by atomic mass is 32.1. The van der Waals surface area contributed by atoms with Crippen LogP contribution in [-0.2, 0) is 5.41 Å². The predicted molar refractivity (Wildman–Crippen MR) is 61.1 cm³/mol. The van der Waals surface area contributed by atoms with Gasteiger partial charge in [0, 0.05) is 0 Å². The molecule has 0 radical (unpaired) electrons. The van der Waals surface area contributed by atoms with E-state index in [1.54, 1.807) is 0 Å². The lowest BCUT2D eigenvalue weighted by atomic mass is 9.87. The van der Waals surface area contributed by atoms with Crippen LogP contribution in [0.3, 0.4) is 0 Å². The molecule has 0 spiro atoms.